The summed E-state index contributed by atoms with van der Waals surface area (Å²) in [6.07, 6.45) is 6.54. The van der Waals surface area contributed by atoms with Gasteiger partial charge < -0.3 is 0 Å². The number of rotatable bonds is 9. The molecular weight excluding hydrogens is 282 g/mol. The van der Waals surface area contributed by atoms with E-state index in [0.29, 0.717) is 6.42 Å². The minimum atomic E-state index is -3.64. The SMILES string of the molecule is C=C[C@H](CCCCCC)C(C#N)S(=O)(=O)c1ccccc1. The van der Waals surface area contributed by atoms with Gasteiger partial charge in [0.2, 0.25) is 0 Å². The quantitative estimate of drug-likeness (QED) is 0.509. The minimum absolute atomic E-state index is 0.206. The average molecular weight is 305 g/mol. The number of sulfone groups is 1. The van der Waals surface area contributed by atoms with E-state index in [4.69, 9.17) is 0 Å². The Kier molecular flexibility index (Phi) is 7.18. The molecule has 0 fully saturated rings. The number of hydrogen-bond donors (Lipinski definition) is 0. The highest BCUT2D eigenvalue weighted by Gasteiger charge is 2.32. The van der Waals surface area contributed by atoms with Gasteiger partial charge in [0.05, 0.1) is 11.0 Å². The van der Waals surface area contributed by atoms with Gasteiger partial charge in [0.15, 0.2) is 15.1 Å². The van der Waals surface area contributed by atoms with Crippen molar-refractivity contribution in [3.05, 3.63) is 43.0 Å². The van der Waals surface area contributed by atoms with Crippen molar-refractivity contribution in [3.63, 3.8) is 0 Å². The molecule has 114 valence electrons. The number of nitrogens with zero attached hydrogens (tertiary/aromatic N) is 1. The van der Waals surface area contributed by atoms with Crippen LogP contribution in [-0.2, 0) is 9.84 Å². The van der Waals surface area contributed by atoms with Crippen LogP contribution in [0.3, 0.4) is 0 Å². The van der Waals surface area contributed by atoms with Crippen LogP contribution in [0.15, 0.2) is 47.9 Å². The average Bonchev–Trinajstić information content (AvgIpc) is 2.51. The molecule has 0 amide bonds. The number of benzene rings is 1. The highest BCUT2D eigenvalue weighted by Crippen LogP contribution is 2.26. The molecule has 0 aliphatic heterocycles. The Bertz CT molecular complexity index is 573. The first kappa shape index (κ1) is 17.5. The standard InChI is InChI=1S/C17H23NO2S/c1-3-5-6-8-11-15(4-2)17(14-18)21(19,20)16-12-9-7-10-13-16/h4,7,9-10,12-13,15,17H,2-3,5-6,8,11H2,1H3/t15-,17?/m1/s1. The monoisotopic (exact) mass is 305 g/mol. The third-order valence-corrected chi connectivity index (χ3v) is 5.67. The summed E-state index contributed by atoms with van der Waals surface area (Å²) in [5, 5.41) is 8.29. The van der Waals surface area contributed by atoms with Gasteiger partial charge in [0, 0.05) is 5.92 Å². The fourth-order valence-corrected chi connectivity index (χ4v) is 4.03. The van der Waals surface area contributed by atoms with Crippen molar-refractivity contribution in [2.45, 2.75) is 49.2 Å². The van der Waals surface area contributed by atoms with Crippen LogP contribution in [0.4, 0.5) is 0 Å². The van der Waals surface area contributed by atoms with Crippen molar-refractivity contribution in [2.75, 3.05) is 0 Å². The van der Waals surface area contributed by atoms with E-state index in [1.807, 2.05) is 6.07 Å². The van der Waals surface area contributed by atoms with E-state index in [9.17, 15) is 13.7 Å². The summed E-state index contributed by atoms with van der Waals surface area (Å²) < 4.78 is 25.2. The smallest absolute Gasteiger partial charge is 0.195 e. The zero-order valence-corrected chi connectivity index (χ0v) is 13.3. The van der Waals surface area contributed by atoms with Gasteiger partial charge in [-0.05, 0) is 18.6 Å². The van der Waals surface area contributed by atoms with Gasteiger partial charge in [-0.25, -0.2) is 8.42 Å². The highest BCUT2D eigenvalue weighted by molar-refractivity contribution is 7.92. The van der Waals surface area contributed by atoms with Crippen LogP contribution in [0.2, 0.25) is 0 Å². The number of allylic oxidation sites excluding steroid dienone is 1. The fourth-order valence-electron chi connectivity index (χ4n) is 2.35. The van der Waals surface area contributed by atoms with E-state index in [2.05, 4.69) is 13.5 Å². The summed E-state index contributed by atoms with van der Waals surface area (Å²) in [7, 11) is -3.64. The van der Waals surface area contributed by atoms with Gasteiger partial charge >= 0.3 is 0 Å². The maximum atomic E-state index is 12.6. The molecule has 0 radical (unpaired) electrons. The lowest BCUT2D eigenvalue weighted by Crippen LogP contribution is -2.27. The third-order valence-electron chi connectivity index (χ3n) is 3.62. The fraction of sp³-hybridized carbons (Fsp3) is 0.471. The highest BCUT2D eigenvalue weighted by atomic mass is 32.2. The molecule has 0 aliphatic carbocycles. The Morgan fingerprint density at radius 3 is 2.43 bits per heavy atom. The Morgan fingerprint density at radius 1 is 1.24 bits per heavy atom. The second-order valence-electron chi connectivity index (χ2n) is 5.16. The van der Waals surface area contributed by atoms with Gasteiger partial charge in [-0.3, -0.25) is 0 Å². The first-order valence-corrected chi connectivity index (χ1v) is 8.93. The molecule has 3 nitrogen and oxygen atoms in total. The second kappa shape index (κ2) is 8.63. The van der Waals surface area contributed by atoms with Crippen molar-refractivity contribution >= 4 is 9.84 Å². The van der Waals surface area contributed by atoms with E-state index < -0.39 is 15.1 Å². The van der Waals surface area contributed by atoms with Gasteiger partial charge in [-0.15, -0.1) is 6.58 Å². The second-order valence-corrected chi connectivity index (χ2v) is 7.23. The summed E-state index contributed by atoms with van der Waals surface area (Å²) in [6.45, 7) is 5.85. The minimum Gasteiger partial charge on any atom is -0.222 e. The Morgan fingerprint density at radius 2 is 1.90 bits per heavy atom. The maximum Gasteiger partial charge on any atom is 0.195 e. The van der Waals surface area contributed by atoms with E-state index >= 15 is 0 Å². The lowest BCUT2D eigenvalue weighted by atomic mass is 9.98. The maximum absolute atomic E-state index is 12.6. The zero-order chi connectivity index (χ0) is 15.7. The molecule has 1 unspecified atom stereocenters. The van der Waals surface area contributed by atoms with Crippen molar-refractivity contribution in [1.82, 2.24) is 0 Å². The van der Waals surface area contributed by atoms with Crippen molar-refractivity contribution in [2.24, 2.45) is 5.92 Å². The Labute approximate surface area is 128 Å². The molecule has 0 saturated carbocycles. The van der Waals surface area contributed by atoms with Crippen LogP contribution in [0.25, 0.3) is 0 Å². The molecule has 0 N–H and O–H groups in total. The van der Waals surface area contributed by atoms with Crippen molar-refractivity contribution < 1.29 is 8.42 Å². The lowest BCUT2D eigenvalue weighted by molar-refractivity contribution is 0.518. The summed E-state index contributed by atoms with van der Waals surface area (Å²) in [4.78, 5) is 0.206. The molecule has 1 rings (SSSR count). The summed E-state index contributed by atoms with van der Waals surface area (Å²) >= 11 is 0. The lowest BCUT2D eigenvalue weighted by Gasteiger charge is -2.19. The Balaban J connectivity index is 2.89. The molecule has 0 spiro atoms. The molecule has 0 bridgehead atoms. The van der Waals surface area contributed by atoms with Crippen LogP contribution in [0, 0.1) is 17.2 Å². The predicted molar refractivity (Wildman–Crippen MR) is 85.5 cm³/mol. The van der Waals surface area contributed by atoms with Crippen LogP contribution in [0.5, 0.6) is 0 Å². The number of hydrogen-bond acceptors (Lipinski definition) is 3. The van der Waals surface area contributed by atoms with E-state index in [-0.39, 0.29) is 10.8 Å². The zero-order valence-electron chi connectivity index (χ0n) is 12.5. The van der Waals surface area contributed by atoms with Crippen LogP contribution >= 0.6 is 0 Å². The topological polar surface area (TPSA) is 57.9 Å². The van der Waals surface area contributed by atoms with Crippen LogP contribution < -0.4 is 0 Å². The van der Waals surface area contributed by atoms with Crippen molar-refractivity contribution in [1.29, 1.82) is 5.26 Å². The van der Waals surface area contributed by atoms with Gasteiger partial charge in [-0.1, -0.05) is 56.9 Å². The predicted octanol–water partition coefficient (Wildman–Crippen LogP) is 4.13. The van der Waals surface area contributed by atoms with Gasteiger partial charge in [0.1, 0.15) is 0 Å². The van der Waals surface area contributed by atoms with E-state index in [0.717, 1.165) is 25.7 Å². The molecular formula is C17H23NO2S. The van der Waals surface area contributed by atoms with E-state index in [1.54, 1.807) is 24.3 Å². The van der Waals surface area contributed by atoms with Crippen molar-refractivity contribution in [3.8, 4) is 6.07 Å². The van der Waals surface area contributed by atoms with Gasteiger partial charge in [0.25, 0.3) is 0 Å². The number of unbranched alkanes of at least 4 members (excludes halogenated alkanes) is 3. The molecule has 21 heavy (non-hydrogen) atoms. The first-order valence-electron chi connectivity index (χ1n) is 7.39. The van der Waals surface area contributed by atoms with E-state index in [1.165, 1.54) is 12.1 Å². The van der Waals surface area contributed by atoms with Crippen LogP contribution in [0.1, 0.15) is 39.0 Å². The molecule has 1 aromatic carbocycles. The summed E-state index contributed by atoms with van der Waals surface area (Å²) in [5.74, 6) is -0.322. The first-order chi connectivity index (χ1) is 10.1. The number of nitriles is 1. The van der Waals surface area contributed by atoms with Crippen LogP contribution in [-0.4, -0.2) is 13.7 Å². The summed E-state index contributed by atoms with van der Waals surface area (Å²) in [5.41, 5.74) is 0. The molecule has 0 saturated heterocycles. The normalized spacial score (nSPS) is 14.1. The molecule has 0 heterocycles. The molecule has 0 aliphatic rings. The molecule has 1 aromatic rings. The third kappa shape index (κ3) is 4.71. The molecule has 0 aromatic heterocycles. The summed E-state index contributed by atoms with van der Waals surface area (Å²) in [6, 6.07) is 10.2. The largest absolute Gasteiger partial charge is 0.222 e. The molecule has 4 heteroatoms. The van der Waals surface area contributed by atoms with Gasteiger partial charge in [-0.2, -0.15) is 5.26 Å². The Hall–Kier alpha value is -1.60. The molecule has 2 atom stereocenters.